The lowest BCUT2D eigenvalue weighted by molar-refractivity contribution is -0.141. The molecule has 3 fully saturated rings. The van der Waals surface area contributed by atoms with Gasteiger partial charge in [0.1, 0.15) is 5.78 Å². The Morgan fingerprint density at radius 3 is 2.65 bits per heavy atom. The summed E-state index contributed by atoms with van der Waals surface area (Å²) in [7, 11) is 0. The summed E-state index contributed by atoms with van der Waals surface area (Å²) in [6, 6.07) is 0. The van der Waals surface area contributed by atoms with Crippen molar-refractivity contribution >= 4 is 11.6 Å². The number of hydrogen-bond acceptors (Lipinski definition) is 2. The van der Waals surface area contributed by atoms with Crippen LogP contribution in [0.2, 0.25) is 0 Å². The van der Waals surface area contributed by atoms with Crippen LogP contribution in [0.15, 0.2) is 11.6 Å². The number of Topliss-reactive ketones (excluding diaryl/α,β-unsaturated/α-hetero) is 1. The van der Waals surface area contributed by atoms with Gasteiger partial charge in [-0.05, 0) is 61.9 Å². The van der Waals surface area contributed by atoms with E-state index in [9.17, 15) is 18.4 Å². The Labute approximate surface area is 135 Å². The Balaban J connectivity index is 1.74. The third kappa shape index (κ3) is 2.16. The van der Waals surface area contributed by atoms with Crippen molar-refractivity contribution in [1.29, 1.82) is 0 Å². The average Bonchev–Trinajstić information content (AvgIpc) is 2.81. The quantitative estimate of drug-likeness (QED) is 0.725. The zero-order valence-electron chi connectivity index (χ0n) is 13.6. The Morgan fingerprint density at radius 1 is 1.13 bits per heavy atom. The first-order chi connectivity index (χ1) is 10.9. The SMILES string of the molecule is C[C@]12C[C@H](C(F)F)C3C4CCC(=O)C=C4CCC3C1CCC2=O. The van der Waals surface area contributed by atoms with E-state index in [1.54, 1.807) is 6.08 Å². The number of ketones is 2. The molecule has 6 atom stereocenters. The molecule has 0 aromatic heterocycles. The van der Waals surface area contributed by atoms with Crippen LogP contribution >= 0.6 is 0 Å². The first kappa shape index (κ1) is 15.5. The molecule has 0 aliphatic heterocycles. The first-order valence-corrected chi connectivity index (χ1v) is 8.96. The zero-order valence-corrected chi connectivity index (χ0v) is 13.6. The van der Waals surface area contributed by atoms with E-state index in [1.807, 2.05) is 6.92 Å². The summed E-state index contributed by atoms with van der Waals surface area (Å²) in [5.41, 5.74) is 0.578. The van der Waals surface area contributed by atoms with Gasteiger partial charge in [-0.3, -0.25) is 9.59 Å². The maximum Gasteiger partial charge on any atom is 0.241 e. The van der Waals surface area contributed by atoms with Gasteiger partial charge in [-0.15, -0.1) is 0 Å². The van der Waals surface area contributed by atoms with E-state index in [0.717, 1.165) is 31.3 Å². The van der Waals surface area contributed by atoms with Gasteiger partial charge in [0.2, 0.25) is 6.43 Å². The van der Waals surface area contributed by atoms with Gasteiger partial charge in [0.15, 0.2) is 5.78 Å². The summed E-state index contributed by atoms with van der Waals surface area (Å²) in [4.78, 5) is 24.1. The molecule has 0 N–H and O–H groups in total. The summed E-state index contributed by atoms with van der Waals surface area (Å²) < 4.78 is 27.8. The predicted octanol–water partition coefficient (Wildman–Crippen LogP) is 4.19. The van der Waals surface area contributed by atoms with E-state index in [4.69, 9.17) is 0 Å². The third-order valence-corrected chi connectivity index (χ3v) is 7.38. The van der Waals surface area contributed by atoms with Crippen LogP contribution < -0.4 is 0 Å². The summed E-state index contributed by atoms with van der Waals surface area (Å²) in [6.45, 7) is 1.94. The highest BCUT2D eigenvalue weighted by Gasteiger charge is 2.60. The Morgan fingerprint density at radius 2 is 1.91 bits per heavy atom. The van der Waals surface area contributed by atoms with E-state index >= 15 is 0 Å². The van der Waals surface area contributed by atoms with Crippen molar-refractivity contribution in [2.45, 2.75) is 58.3 Å². The third-order valence-electron chi connectivity index (χ3n) is 7.38. The molecule has 0 spiro atoms. The fraction of sp³-hybridized carbons (Fsp3) is 0.789. The molecular weight excluding hydrogens is 298 g/mol. The second-order valence-electron chi connectivity index (χ2n) is 8.30. The van der Waals surface area contributed by atoms with Gasteiger partial charge in [0.25, 0.3) is 0 Å². The van der Waals surface area contributed by atoms with E-state index < -0.39 is 17.8 Å². The highest BCUT2D eigenvalue weighted by Crippen LogP contribution is 2.63. The Bertz CT molecular complexity index is 582. The monoisotopic (exact) mass is 322 g/mol. The highest BCUT2D eigenvalue weighted by atomic mass is 19.3. The van der Waals surface area contributed by atoms with Crippen LogP contribution in [0, 0.1) is 35.0 Å². The molecule has 4 aliphatic carbocycles. The Hall–Kier alpha value is -1.06. The van der Waals surface area contributed by atoms with Crippen LogP contribution in [0.25, 0.3) is 0 Å². The van der Waals surface area contributed by atoms with Crippen molar-refractivity contribution in [3.8, 4) is 0 Å². The molecule has 0 saturated heterocycles. The minimum absolute atomic E-state index is 0.0351. The second kappa shape index (κ2) is 5.22. The maximum atomic E-state index is 13.9. The van der Waals surface area contributed by atoms with Gasteiger partial charge in [-0.25, -0.2) is 8.78 Å². The molecule has 4 aliphatic rings. The largest absolute Gasteiger partial charge is 0.299 e. The normalized spacial score (nSPS) is 46.3. The molecule has 0 aromatic carbocycles. The van der Waals surface area contributed by atoms with Crippen LogP contribution in [0.3, 0.4) is 0 Å². The number of carbonyl (C=O) groups is 2. The van der Waals surface area contributed by atoms with Gasteiger partial charge < -0.3 is 0 Å². The molecule has 0 aromatic rings. The van der Waals surface area contributed by atoms with Crippen molar-refractivity contribution in [2.24, 2.45) is 35.0 Å². The van der Waals surface area contributed by atoms with Gasteiger partial charge in [0, 0.05) is 24.2 Å². The molecule has 4 unspecified atom stereocenters. The highest BCUT2D eigenvalue weighted by molar-refractivity contribution is 5.91. The summed E-state index contributed by atoms with van der Waals surface area (Å²) in [5, 5.41) is 0. The number of carbonyl (C=O) groups excluding carboxylic acids is 2. The molecule has 0 bridgehead atoms. The van der Waals surface area contributed by atoms with Crippen molar-refractivity contribution in [2.75, 3.05) is 0 Å². The average molecular weight is 322 g/mol. The van der Waals surface area contributed by atoms with Crippen molar-refractivity contribution in [1.82, 2.24) is 0 Å². The van der Waals surface area contributed by atoms with Crippen LogP contribution in [-0.4, -0.2) is 18.0 Å². The molecule has 4 heteroatoms. The topological polar surface area (TPSA) is 34.1 Å². The molecule has 23 heavy (non-hydrogen) atoms. The van der Waals surface area contributed by atoms with Crippen molar-refractivity contribution in [3.05, 3.63) is 11.6 Å². The second-order valence-corrected chi connectivity index (χ2v) is 8.30. The number of fused-ring (bicyclic) bond motifs is 5. The van der Waals surface area contributed by atoms with Crippen molar-refractivity contribution < 1.29 is 18.4 Å². The fourth-order valence-corrected chi connectivity index (χ4v) is 6.41. The molecule has 126 valence electrons. The minimum atomic E-state index is -2.37. The van der Waals surface area contributed by atoms with E-state index in [0.29, 0.717) is 19.3 Å². The summed E-state index contributed by atoms with van der Waals surface area (Å²) >= 11 is 0. The first-order valence-electron chi connectivity index (χ1n) is 8.96. The van der Waals surface area contributed by atoms with E-state index in [1.165, 1.54) is 0 Å². The standard InChI is InChI=1S/C19H24F2O2/c1-19-9-14(18(20)21)17-12-5-3-11(22)8-10(12)2-4-13(17)15(19)6-7-16(19)23/h8,12-15,17-18H,2-7,9H2,1H3/t12?,13?,14-,15?,17?,19-/m0/s1. The van der Waals surface area contributed by atoms with Crippen LogP contribution in [0.4, 0.5) is 8.78 Å². The van der Waals surface area contributed by atoms with E-state index in [-0.39, 0.29) is 35.2 Å². The van der Waals surface area contributed by atoms with Crippen LogP contribution in [0.1, 0.15) is 51.9 Å². The lowest BCUT2D eigenvalue weighted by Crippen LogP contribution is -2.52. The lowest BCUT2D eigenvalue weighted by Gasteiger charge is -2.55. The number of allylic oxidation sites excluding steroid dienone is 1. The molecule has 4 rings (SSSR count). The Kier molecular flexibility index (Phi) is 3.51. The molecule has 2 nitrogen and oxygen atoms in total. The van der Waals surface area contributed by atoms with Crippen LogP contribution in [-0.2, 0) is 9.59 Å². The molecule has 0 heterocycles. The molecule has 0 amide bonds. The number of alkyl halides is 2. The zero-order chi connectivity index (χ0) is 16.4. The fourth-order valence-electron chi connectivity index (χ4n) is 6.41. The van der Waals surface area contributed by atoms with Gasteiger partial charge in [-0.2, -0.15) is 0 Å². The summed E-state index contributed by atoms with van der Waals surface area (Å²) in [5.74, 6) is 0.276. The van der Waals surface area contributed by atoms with Crippen molar-refractivity contribution in [3.63, 3.8) is 0 Å². The number of halogens is 2. The van der Waals surface area contributed by atoms with Gasteiger partial charge >= 0.3 is 0 Å². The number of hydrogen-bond donors (Lipinski definition) is 0. The van der Waals surface area contributed by atoms with Gasteiger partial charge in [0.05, 0.1) is 0 Å². The maximum absolute atomic E-state index is 13.9. The summed E-state index contributed by atoms with van der Waals surface area (Å²) in [6.07, 6.45) is 4.09. The smallest absolute Gasteiger partial charge is 0.241 e. The molecule has 0 radical (unpaired) electrons. The molecule has 3 saturated carbocycles. The lowest BCUT2D eigenvalue weighted by atomic mass is 9.49. The number of rotatable bonds is 1. The van der Waals surface area contributed by atoms with E-state index in [2.05, 4.69) is 0 Å². The predicted molar refractivity (Wildman–Crippen MR) is 82.0 cm³/mol. The molecular formula is C19H24F2O2. The minimum Gasteiger partial charge on any atom is -0.299 e. The van der Waals surface area contributed by atoms with Crippen LogP contribution in [0.5, 0.6) is 0 Å². The van der Waals surface area contributed by atoms with Gasteiger partial charge in [-0.1, -0.05) is 12.5 Å².